The molecule has 2 aromatic carbocycles. The van der Waals surface area contributed by atoms with Crippen LogP contribution in [0, 0.1) is 13.8 Å². The largest absolute Gasteiger partial charge is 0.469 e. The Morgan fingerprint density at radius 2 is 1.05 bits per heavy atom. The van der Waals surface area contributed by atoms with E-state index in [-0.39, 0.29) is 52.5 Å². The normalized spacial score (nSPS) is 18.5. The first-order valence-electron chi connectivity index (χ1n) is 24.4. The molecule has 4 aromatic heterocycles. The highest BCUT2D eigenvalue weighted by atomic mass is 36.0. The Labute approximate surface area is 479 Å². The lowest BCUT2D eigenvalue weighted by atomic mass is 9.98. The number of aromatic nitrogens is 6. The number of carbonyl (C=O) groups is 2. The molecule has 4 fully saturated rings. The predicted molar refractivity (Wildman–Crippen MR) is 303 cm³/mol. The van der Waals surface area contributed by atoms with E-state index in [1.807, 2.05) is 48.2 Å². The fourth-order valence-electron chi connectivity index (χ4n) is 9.74. The third-order valence-electron chi connectivity index (χ3n) is 13.1. The van der Waals surface area contributed by atoms with Gasteiger partial charge in [0, 0.05) is 85.0 Å². The minimum atomic E-state index is -4.56. The molecule has 0 aliphatic carbocycles. The number of halogens is 5. The number of amides is 2. The number of nitrogens with zero attached hydrogens (tertiary/aromatic N) is 10. The highest BCUT2D eigenvalue weighted by Gasteiger charge is 2.37. The van der Waals surface area contributed by atoms with Crippen LogP contribution in [0.4, 0.5) is 23.0 Å². The zero-order valence-corrected chi connectivity index (χ0v) is 49.9. The van der Waals surface area contributed by atoms with Gasteiger partial charge in [-0.2, -0.15) is 10.2 Å². The number of phosphoric ester groups is 1. The molecule has 4 saturated heterocycles. The maximum absolute atomic E-state index is 13.7. The van der Waals surface area contributed by atoms with Crippen LogP contribution in [0.3, 0.4) is 0 Å². The first kappa shape index (κ1) is 60.6. The average Bonchev–Trinajstić information content (AvgIpc) is 4.22. The number of anilines is 4. The van der Waals surface area contributed by atoms with Crippen molar-refractivity contribution in [3.8, 4) is 0 Å². The monoisotopic (exact) mass is 1270 g/mol. The van der Waals surface area contributed by atoms with E-state index in [0.717, 1.165) is 67.3 Å². The van der Waals surface area contributed by atoms with E-state index < -0.39 is 39.2 Å². The average molecular weight is 1270 g/mol. The second-order valence-corrected chi connectivity index (χ2v) is 31.7. The van der Waals surface area contributed by atoms with Crippen molar-refractivity contribution in [1.29, 1.82) is 0 Å². The molecule has 2 atom stereocenters. The molecule has 0 radical (unpaired) electrons. The summed E-state index contributed by atoms with van der Waals surface area (Å²) >= 11 is 26.2. The predicted octanol–water partition coefficient (Wildman–Crippen LogP) is 8.15. The van der Waals surface area contributed by atoms with Gasteiger partial charge in [-0.25, -0.2) is 40.4 Å². The number of phosphoric acid groups is 1. The molecule has 0 spiro atoms. The molecule has 24 nitrogen and oxygen atoms in total. The highest BCUT2D eigenvalue weighted by molar-refractivity contribution is 8.24. The van der Waals surface area contributed by atoms with Gasteiger partial charge in [0.1, 0.15) is 17.7 Å². The van der Waals surface area contributed by atoms with Crippen LogP contribution in [0.25, 0.3) is 11.3 Å². The second kappa shape index (κ2) is 24.1. The Balaban J connectivity index is 0.000000193. The van der Waals surface area contributed by atoms with Crippen molar-refractivity contribution in [3.05, 3.63) is 105 Å². The smallest absolute Gasteiger partial charge is 0.389 e. The summed E-state index contributed by atoms with van der Waals surface area (Å²) in [6.45, 7) is 6.51. The Morgan fingerprint density at radius 3 is 1.42 bits per heavy atom. The van der Waals surface area contributed by atoms with Crippen molar-refractivity contribution in [2.75, 3.05) is 71.0 Å². The molecule has 4 aliphatic rings. The third kappa shape index (κ3) is 15.7. The molecule has 0 unspecified atom stereocenters. The number of sulfonamides is 2. The summed E-state index contributed by atoms with van der Waals surface area (Å²) < 4.78 is 81.1. The summed E-state index contributed by atoms with van der Waals surface area (Å²) in [7, 11) is -11.8. The maximum Gasteiger partial charge on any atom is 0.469 e. The summed E-state index contributed by atoms with van der Waals surface area (Å²) in [4.78, 5) is 62.3. The number of fused-ring (bicyclic) bond motifs is 2. The third-order valence-corrected chi connectivity index (χ3v) is 15.3. The molecule has 0 bridgehead atoms. The van der Waals surface area contributed by atoms with Gasteiger partial charge in [-0.05, 0) is 122 Å². The lowest BCUT2D eigenvalue weighted by Crippen LogP contribution is -2.52. The molecule has 79 heavy (non-hydrogen) atoms. The molecule has 33 heteroatoms. The van der Waals surface area contributed by atoms with Crippen molar-refractivity contribution in [2.24, 2.45) is 0 Å². The number of nitrogens with one attached hydrogen (secondary N) is 2. The Morgan fingerprint density at radius 1 is 0.658 bits per heavy atom. The van der Waals surface area contributed by atoms with Gasteiger partial charge in [-0.3, -0.25) is 28.1 Å². The highest BCUT2D eigenvalue weighted by Crippen LogP contribution is 2.61. The summed E-state index contributed by atoms with van der Waals surface area (Å²) in [6.07, 6.45) is 9.73. The summed E-state index contributed by atoms with van der Waals surface area (Å²) in [5.41, 5.74) is 5.08. The second-order valence-electron chi connectivity index (χ2n) is 19.5. The van der Waals surface area contributed by atoms with Gasteiger partial charge in [-0.1, -0.05) is 23.2 Å². The molecular weight excluding hydrogens is 1220 g/mol. The van der Waals surface area contributed by atoms with Crippen LogP contribution in [0.1, 0.15) is 93.8 Å². The van der Waals surface area contributed by atoms with Gasteiger partial charge in [0.25, 0.3) is 11.8 Å². The topological polar surface area (TPSA) is 304 Å². The number of hydrogen-bond donors (Lipinski definition) is 5. The van der Waals surface area contributed by atoms with Gasteiger partial charge < -0.3 is 34.5 Å². The van der Waals surface area contributed by atoms with Gasteiger partial charge in [0.15, 0.2) is 11.3 Å². The van der Waals surface area contributed by atoms with Crippen LogP contribution in [0.5, 0.6) is 0 Å². The first-order chi connectivity index (χ1) is 36.9. The van der Waals surface area contributed by atoms with E-state index in [1.165, 1.54) is 30.3 Å². The van der Waals surface area contributed by atoms with E-state index in [1.54, 1.807) is 24.9 Å². The van der Waals surface area contributed by atoms with Gasteiger partial charge in [0.2, 0.25) is 20.0 Å². The molecule has 0 saturated carbocycles. The van der Waals surface area contributed by atoms with Crippen LogP contribution in [-0.4, -0.2) is 147 Å². The Hall–Kier alpha value is -4.53. The number of β-amino-alcohol motifs (C(OH)–C–C–N with tert-alkyl or cyclic N) is 1. The molecule has 4 aliphatic heterocycles. The van der Waals surface area contributed by atoms with E-state index in [9.17, 15) is 40.7 Å². The molecule has 6 aromatic rings. The number of carbonyl (C=O) groups excluding carboxylic acids is 2. The number of hydrogen-bond acceptors (Lipinski definition) is 16. The lowest BCUT2D eigenvalue weighted by Gasteiger charge is -2.40. The van der Waals surface area contributed by atoms with Crippen LogP contribution in [0.2, 0.25) is 10.0 Å². The van der Waals surface area contributed by atoms with Crippen LogP contribution < -0.4 is 19.2 Å². The van der Waals surface area contributed by atoms with Crippen LogP contribution in [-0.2, 0) is 33.7 Å². The lowest BCUT2D eigenvalue weighted by molar-refractivity contribution is 0.0600. The van der Waals surface area contributed by atoms with Gasteiger partial charge >= 0.3 is 13.0 Å². The van der Waals surface area contributed by atoms with Gasteiger partial charge in [0.05, 0.1) is 64.6 Å². The Bertz CT molecular complexity index is 3630. The molecule has 8 heterocycles. The van der Waals surface area contributed by atoms with Crippen molar-refractivity contribution in [3.63, 3.8) is 0 Å². The van der Waals surface area contributed by atoms with Crippen molar-refractivity contribution in [2.45, 2.75) is 76.7 Å². The Kier molecular flexibility index (Phi) is 18.5. The molecule has 10 rings (SSSR count). The fraction of sp³-hybridized carbons (Fsp3) is 0.435. The van der Waals surface area contributed by atoms with E-state index in [4.69, 9.17) is 57.7 Å². The molecule has 428 valence electrons. The number of rotatable bonds is 12. The van der Waals surface area contributed by atoms with Gasteiger partial charge in [-0.15, -0.1) is 0 Å². The summed E-state index contributed by atoms with van der Waals surface area (Å²) in [5.74, 6) is 0.819. The van der Waals surface area contributed by atoms with E-state index in [2.05, 4.69) is 43.2 Å². The SMILES string of the molecule is Cc1cn2nc([C@@H]3CCCCN3C(=O)c3cc(Cl)ccc3NS(C)(=O)=O)cc2nc1N1CC(O)C1.Cc1cn2nc([C@@H]3CCCCN3C(=O)c3cc(Cl)ccc3NS(C)(=O)=O)cc2nc1N1CC(OP(=O)(O)O)C1.O=P(Cl)(Cl)Cl. The first-order valence-corrected chi connectivity index (χ1v) is 34.9. The number of aliphatic hydroxyl groups is 1. The number of aliphatic hydroxyl groups excluding tert-OH is 1. The van der Waals surface area contributed by atoms with E-state index >= 15 is 0 Å². The van der Waals surface area contributed by atoms with Crippen LogP contribution in [0.15, 0.2) is 60.9 Å². The molecule has 5 N–H and O–H groups in total. The summed E-state index contributed by atoms with van der Waals surface area (Å²) in [6, 6.07) is 12.1. The zero-order chi connectivity index (χ0) is 57.5. The number of aryl methyl sites for hydroxylation is 2. The standard InChI is InChI=1S/C23H28ClN6O7PS.C23H27ClN6O4S.Cl3OP/c1-14-11-30-21(25-22(14)28-12-16(13-28)37-38(32,33)34)10-19(26-30)20-5-3-4-8-29(20)23(31)17-9-15(24)6-7-18(17)27-39(2,35)36;1-14-11-30-21(25-22(14)28-12-16(31)13-28)10-19(26-30)20-5-3-4-8-29(20)23(32)17-9-15(24)6-7-18(17)27-35(2,33)34;1-5(2,3)4/h6-7,9-11,16,20,27H,3-5,8,12-13H2,1-2H3,(H2,32,33,34);6-7,9-11,16,20,27,31H,3-5,8,12-13H2,1-2H3;/t2*20-;/m00./s1. The zero-order valence-electron chi connectivity index (χ0n) is 42.7. The fourth-order valence-corrected chi connectivity index (χ4v) is 11.8. The number of likely N-dealkylation sites (tertiary alicyclic amines) is 2. The summed E-state index contributed by atoms with van der Waals surface area (Å²) in [5, 5.41) is 16.5. The molecule has 2 amide bonds. The minimum Gasteiger partial charge on any atom is -0.389 e. The van der Waals surface area contributed by atoms with E-state index in [0.29, 0.717) is 78.5 Å². The van der Waals surface area contributed by atoms with Crippen molar-refractivity contribution < 1.29 is 55.0 Å². The minimum absolute atomic E-state index is 0.156. The number of benzene rings is 2. The number of piperidine rings is 2. The molecular formula is C46H55Cl5N12O12P2S2. The quantitative estimate of drug-likeness (QED) is 0.0722. The van der Waals surface area contributed by atoms with Crippen LogP contribution >= 0.6 is 69.9 Å². The van der Waals surface area contributed by atoms with Crippen molar-refractivity contribution >= 4 is 136 Å². The maximum atomic E-state index is 13.7. The van der Waals surface area contributed by atoms with Crippen molar-refractivity contribution in [1.82, 2.24) is 39.0 Å².